The van der Waals surface area contributed by atoms with Gasteiger partial charge in [-0.3, -0.25) is 0 Å². The van der Waals surface area contributed by atoms with Crippen molar-refractivity contribution in [2.45, 2.75) is 27.2 Å². The molecule has 1 aromatic heterocycles. The molecule has 1 rings (SSSR count). The summed E-state index contributed by atoms with van der Waals surface area (Å²) in [5.41, 5.74) is 0.710. The van der Waals surface area contributed by atoms with Crippen LogP contribution in [0.3, 0.4) is 0 Å². The molecular formula is C12H20F2N4O. The molecule has 0 amide bonds. The van der Waals surface area contributed by atoms with Gasteiger partial charge in [-0.25, -0.2) is 18.7 Å². The fourth-order valence-corrected chi connectivity index (χ4v) is 1.83. The summed E-state index contributed by atoms with van der Waals surface area (Å²) >= 11 is 0. The molecule has 2 N–H and O–H groups in total. The van der Waals surface area contributed by atoms with Gasteiger partial charge in [0, 0.05) is 18.7 Å². The number of nitrogens with one attached hydrogen (secondary N) is 1. The molecule has 7 heteroatoms. The van der Waals surface area contributed by atoms with Gasteiger partial charge >= 0.3 is 0 Å². The first-order chi connectivity index (χ1) is 8.99. The lowest BCUT2D eigenvalue weighted by molar-refractivity contribution is 0.152. The zero-order chi connectivity index (χ0) is 14.4. The molecule has 0 bridgehead atoms. The first-order valence-electron chi connectivity index (χ1n) is 6.22. The van der Waals surface area contributed by atoms with Crippen LogP contribution in [0.15, 0.2) is 0 Å². The summed E-state index contributed by atoms with van der Waals surface area (Å²) in [5, 5.41) is 12.1. The molecule has 5 nitrogen and oxygen atoms in total. The zero-order valence-electron chi connectivity index (χ0n) is 11.5. The maximum absolute atomic E-state index is 12.6. The van der Waals surface area contributed by atoms with Gasteiger partial charge in [0.25, 0.3) is 6.43 Å². The lowest BCUT2D eigenvalue weighted by Gasteiger charge is -2.25. The molecule has 1 aromatic rings. The second kappa shape index (κ2) is 7.18. The Morgan fingerprint density at radius 1 is 1.32 bits per heavy atom. The van der Waals surface area contributed by atoms with Gasteiger partial charge in [-0.1, -0.05) is 0 Å². The van der Waals surface area contributed by atoms with Crippen LogP contribution in [0, 0.1) is 13.8 Å². The van der Waals surface area contributed by atoms with Crippen molar-refractivity contribution in [2.24, 2.45) is 0 Å². The Morgan fingerprint density at radius 3 is 2.53 bits per heavy atom. The second-order valence-electron chi connectivity index (χ2n) is 4.16. The monoisotopic (exact) mass is 274 g/mol. The topological polar surface area (TPSA) is 61.3 Å². The molecule has 0 saturated carbocycles. The van der Waals surface area contributed by atoms with Crippen LogP contribution in [0.1, 0.15) is 18.3 Å². The fraction of sp³-hybridized carbons (Fsp3) is 0.667. The third-order valence-electron chi connectivity index (χ3n) is 2.60. The van der Waals surface area contributed by atoms with Gasteiger partial charge in [-0.2, -0.15) is 0 Å². The summed E-state index contributed by atoms with van der Waals surface area (Å²) in [6.07, 6.45) is -2.48. The van der Waals surface area contributed by atoms with E-state index in [1.165, 1.54) is 4.90 Å². The van der Waals surface area contributed by atoms with Crippen LogP contribution in [0.4, 0.5) is 20.4 Å². The van der Waals surface area contributed by atoms with E-state index < -0.39 is 13.0 Å². The Kier molecular flexibility index (Phi) is 5.88. The second-order valence-corrected chi connectivity index (χ2v) is 4.16. The minimum atomic E-state index is -2.48. The largest absolute Gasteiger partial charge is 0.395 e. The Morgan fingerprint density at radius 2 is 2.00 bits per heavy atom. The molecule has 0 aliphatic rings. The molecule has 1 heterocycles. The molecule has 0 aliphatic heterocycles. The van der Waals surface area contributed by atoms with Crippen LogP contribution >= 0.6 is 0 Å². The number of halogens is 2. The van der Waals surface area contributed by atoms with Crippen molar-refractivity contribution in [1.29, 1.82) is 0 Å². The number of hydrogen-bond donors (Lipinski definition) is 2. The molecule has 0 spiro atoms. The Hall–Kier alpha value is -1.50. The first-order valence-corrected chi connectivity index (χ1v) is 6.22. The highest BCUT2D eigenvalue weighted by atomic mass is 19.3. The normalized spacial score (nSPS) is 10.9. The third kappa shape index (κ3) is 4.27. The number of aliphatic hydroxyl groups is 1. The minimum absolute atomic E-state index is 0.118. The van der Waals surface area contributed by atoms with Crippen LogP contribution in [0.5, 0.6) is 0 Å². The predicted molar refractivity (Wildman–Crippen MR) is 71.0 cm³/mol. The molecule has 19 heavy (non-hydrogen) atoms. The molecule has 0 saturated heterocycles. The summed E-state index contributed by atoms with van der Waals surface area (Å²) < 4.78 is 25.2. The SMILES string of the molecule is CCNc1nc(C)nc(N(CCO)CC(F)F)c1C. The molecule has 0 radical (unpaired) electrons. The fourth-order valence-electron chi connectivity index (χ4n) is 1.83. The van der Waals surface area contributed by atoms with E-state index in [4.69, 9.17) is 5.11 Å². The van der Waals surface area contributed by atoms with Crippen LogP contribution in [0.25, 0.3) is 0 Å². The predicted octanol–water partition coefficient (Wildman–Crippen LogP) is 1.59. The lowest BCUT2D eigenvalue weighted by Crippen LogP contribution is -2.33. The number of anilines is 2. The van der Waals surface area contributed by atoms with Crippen molar-refractivity contribution in [1.82, 2.24) is 9.97 Å². The van der Waals surface area contributed by atoms with E-state index in [9.17, 15) is 8.78 Å². The van der Waals surface area contributed by atoms with E-state index in [1.54, 1.807) is 13.8 Å². The Labute approximate surface area is 111 Å². The summed E-state index contributed by atoms with van der Waals surface area (Å²) in [7, 11) is 0. The van der Waals surface area contributed by atoms with Gasteiger partial charge in [0.2, 0.25) is 0 Å². The van der Waals surface area contributed by atoms with Crippen molar-refractivity contribution in [3.05, 3.63) is 11.4 Å². The highest BCUT2D eigenvalue weighted by Crippen LogP contribution is 2.23. The van der Waals surface area contributed by atoms with Crippen LogP contribution in [0.2, 0.25) is 0 Å². The molecule has 0 fully saturated rings. The summed E-state index contributed by atoms with van der Waals surface area (Å²) in [6, 6.07) is 0. The van der Waals surface area contributed by atoms with Crippen molar-refractivity contribution in [3.8, 4) is 0 Å². The van der Waals surface area contributed by atoms with Gasteiger partial charge in [-0.15, -0.1) is 0 Å². The van der Waals surface area contributed by atoms with E-state index in [1.807, 2.05) is 6.92 Å². The Bertz CT molecular complexity index is 415. The van der Waals surface area contributed by atoms with Crippen molar-refractivity contribution < 1.29 is 13.9 Å². The highest BCUT2D eigenvalue weighted by molar-refractivity contribution is 5.58. The Balaban J connectivity index is 3.13. The van der Waals surface area contributed by atoms with Gasteiger partial charge in [0.1, 0.15) is 17.5 Å². The summed E-state index contributed by atoms with van der Waals surface area (Å²) in [5.74, 6) is 1.59. The first kappa shape index (κ1) is 15.6. The average Bonchev–Trinajstić information content (AvgIpc) is 2.32. The molecule has 108 valence electrons. The van der Waals surface area contributed by atoms with Crippen LogP contribution in [-0.4, -0.2) is 47.7 Å². The summed E-state index contributed by atoms with van der Waals surface area (Å²) in [6.45, 7) is 5.57. The van der Waals surface area contributed by atoms with Gasteiger partial charge in [-0.05, 0) is 20.8 Å². The third-order valence-corrected chi connectivity index (χ3v) is 2.60. The highest BCUT2D eigenvalue weighted by Gasteiger charge is 2.18. The van der Waals surface area contributed by atoms with Gasteiger partial charge < -0.3 is 15.3 Å². The van der Waals surface area contributed by atoms with E-state index in [2.05, 4.69) is 15.3 Å². The number of aliphatic hydroxyl groups excluding tert-OH is 1. The number of aromatic nitrogens is 2. The standard InChI is InChI=1S/C12H20F2N4O/c1-4-15-11-8(2)12(17-9(3)16-11)18(5-6-19)7-10(13)14/h10,19H,4-7H2,1-3H3,(H,15,16,17). The van der Waals surface area contributed by atoms with Crippen molar-refractivity contribution >= 4 is 11.6 Å². The maximum Gasteiger partial charge on any atom is 0.255 e. The smallest absolute Gasteiger partial charge is 0.255 e. The number of hydrogen-bond acceptors (Lipinski definition) is 5. The van der Waals surface area contributed by atoms with Gasteiger partial charge in [0.15, 0.2) is 0 Å². The minimum Gasteiger partial charge on any atom is -0.395 e. The molecular weight excluding hydrogens is 254 g/mol. The van der Waals surface area contributed by atoms with E-state index in [-0.39, 0.29) is 13.2 Å². The number of nitrogens with zero attached hydrogens (tertiary/aromatic N) is 3. The van der Waals surface area contributed by atoms with E-state index in [0.717, 1.165) is 0 Å². The van der Waals surface area contributed by atoms with E-state index >= 15 is 0 Å². The van der Waals surface area contributed by atoms with Gasteiger partial charge in [0.05, 0.1) is 13.2 Å². The molecule has 0 aromatic carbocycles. The maximum atomic E-state index is 12.6. The van der Waals surface area contributed by atoms with Crippen LogP contribution in [-0.2, 0) is 0 Å². The number of alkyl halides is 2. The number of aryl methyl sites for hydroxylation is 1. The average molecular weight is 274 g/mol. The summed E-state index contributed by atoms with van der Waals surface area (Å²) in [4.78, 5) is 9.85. The van der Waals surface area contributed by atoms with Crippen LogP contribution < -0.4 is 10.2 Å². The lowest BCUT2D eigenvalue weighted by atomic mass is 10.2. The quantitative estimate of drug-likeness (QED) is 0.790. The number of rotatable bonds is 7. The molecule has 0 unspecified atom stereocenters. The zero-order valence-corrected chi connectivity index (χ0v) is 11.5. The molecule has 0 aliphatic carbocycles. The molecule has 0 atom stereocenters. The van der Waals surface area contributed by atoms with Crippen molar-refractivity contribution in [2.75, 3.05) is 36.5 Å². The van der Waals surface area contributed by atoms with E-state index in [0.29, 0.717) is 29.6 Å². The van der Waals surface area contributed by atoms with Crippen molar-refractivity contribution in [3.63, 3.8) is 0 Å².